The molecule has 4 N–H and O–H groups in total. The summed E-state index contributed by atoms with van der Waals surface area (Å²) in [5, 5.41) is 9.27. The van der Waals surface area contributed by atoms with Crippen LogP contribution in [0.4, 0.5) is 8.78 Å². The number of aliphatic hydroxyl groups excluding tert-OH is 1. The average Bonchev–Trinajstić information content (AvgIpc) is 2.60. The first-order valence-electron chi connectivity index (χ1n) is 4.77. The van der Waals surface area contributed by atoms with E-state index in [1.807, 2.05) is 0 Å². The molecule has 0 aliphatic carbocycles. The molecule has 0 spiro atoms. The molecule has 0 saturated heterocycles. The van der Waals surface area contributed by atoms with Gasteiger partial charge in [0.1, 0.15) is 17.2 Å². The topological polar surface area (TPSA) is 74.9 Å². The summed E-state index contributed by atoms with van der Waals surface area (Å²) in [7, 11) is 0. The zero-order chi connectivity index (χ0) is 11.9. The molecule has 0 bridgehead atoms. The van der Waals surface area contributed by atoms with Crippen molar-refractivity contribution in [1.29, 1.82) is 0 Å². The summed E-state index contributed by atoms with van der Waals surface area (Å²) < 4.78 is 26.2. The van der Waals surface area contributed by atoms with Gasteiger partial charge in [0.25, 0.3) is 0 Å². The van der Waals surface area contributed by atoms with E-state index in [2.05, 4.69) is 9.97 Å². The first kappa shape index (κ1) is 11.0. The molecular formula is C10H11F2N3O. The second-order valence-electron chi connectivity index (χ2n) is 3.67. The zero-order valence-corrected chi connectivity index (χ0v) is 8.54. The second-order valence-corrected chi connectivity index (χ2v) is 3.67. The van der Waals surface area contributed by atoms with Crippen LogP contribution in [0, 0.1) is 11.6 Å². The predicted octanol–water partition coefficient (Wildman–Crippen LogP) is 1.22. The number of nitrogens with two attached hydrogens (primary N) is 1. The lowest BCUT2D eigenvalue weighted by Gasteiger charge is -2.10. The predicted molar refractivity (Wildman–Crippen MR) is 54.6 cm³/mol. The molecule has 1 aromatic heterocycles. The average molecular weight is 227 g/mol. The maximum absolute atomic E-state index is 13.3. The lowest BCUT2D eigenvalue weighted by Crippen LogP contribution is -2.24. The zero-order valence-electron chi connectivity index (χ0n) is 8.54. The van der Waals surface area contributed by atoms with Crippen LogP contribution in [0.2, 0.25) is 0 Å². The molecule has 0 saturated carbocycles. The molecule has 0 aliphatic rings. The maximum atomic E-state index is 13.3. The highest BCUT2D eigenvalue weighted by Crippen LogP contribution is 2.20. The van der Waals surface area contributed by atoms with Gasteiger partial charge in [-0.1, -0.05) is 0 Å². The first-order chi connectivity index (χ1) is 7.49. The highest BCUT2D eigenvalue weighted by Gasteiger charge is 2.18. The van der Waals surface area contributed by atoms with Crippen LogP contribution in [0.25, 0.3) is 11.0 Å². The molecule has 0 fully saturated rings. The number of nitrogens with zero attached hydrogens (tertiary/aromatic N) is 1. The number of fused-ring (bicyclic) bond motifs is 1. The smallest absolute Gasteiger partial charge is 0.153 e. The van der Waals surface area contributed by atoms with Gasteiger partial charge in [0.05, 0.1) is 17.7 Å². The Balaban J connectivity index is 2.56. The number of benzene rings is 1. The Hall–Kier alpha value is -1.53. The van der Waals surface area contributed by atoms with Crippen molar-refractivity contribution in [2.45, 2.75) is 19.1 Å². The summed E-state index contributed by atoms with van der Waals surface area (Å²) >= 11 is 0. The molecule has 0 amide bonds. The lowest BCUT2D eigenvalue weighted by atomic mass is 10.2. The van der Waals surface area contributed by atoms with Gasteiger partial charge < -0.3 is 15.8 Å². The molecule has 16 heavy (non-hydrogen) atoms. The minimum absolute atomic E-state index is 0.0208. The normalized spacial score (nSPS) is 15.3. The number of nitrogens with one attached hydrogen (secondary N) is 1. The van der Waals surface area contributed by atoms with Gasteiger partial charge in [-0.25, -0.2) is 13.8 Å². The fourth-order valence-corrected chi connectivity index (χ4v) is 1.45. The van der Waals surface area contributed by atoms with E-state index in [1.54, 1.807) is 0 Å². The quantitative estimate of drug-likeness (QED) is 0.722. The molecule has 2 atom stereocenters. The van der Waals surface area contributed by atoms with Crippen molar-refractivity contribution in [1.82, 2.24) is 9.97 Å². The number of rotatable bonds is 2. The fourth-order valence-electron chi connectivity index (χ4n) is 1.45. The molecule has 6 heteroatoms. The lowest BCUT2D eigenvalue weighted by molar-refractivity contribution is 0.161. The summed E-state index contributed by atoms with van der Waals surface area (Å²) in [6.45, 7) is 1.49. The van der Waals surface area contributed by atoms with Crippen molar-refractivity contribution in [2.24, 2.45) is 5.73 Å². The van der Waals surface area contributed by atoms with Crippen molar-refractivity contribution < 1.29 is 13.9 Å². The monoisotopic (exact) mass is 227 g/mol. The van der Waals surface area contributed by atoms with Gasteiger partial charge in [-0.2, -0.15) is 0 Å². The number of imidazole rings is 1. The van der Waals surface area contributed by atoms with Crippen molar-refractivity contribution in [3.8, 4) is 0 Å². The number of halogens is 2. The SMILES string of the molecule is CC(O)C(N)c1nc2c(F)cc(F)cc2[nH]1. The van der Waals surface area contributed by atoms with E-state index in [0.717, 1.165) is 12.1 Å². The number of hydrogen-bond acceptors (Lipinski definition) is 3. The molecule has 0 aliphatic heterocycles. The van der Waals surface area contributed by atoms with Gasteiger partial charge in [0.2, 0.25) is 0 Å². The summed E-state index contributed by atoms with van der Waals surface area (Å²) in [6, 6.07) is 1.12. The number of H-pyrrole nitrogens is 1. The van der Waals surface area contributed by atoms with E-state index in [-0.39, 0.29) is 16.9 Å². The van der Waals surface area contributed by atoms with Crippen molar-refractivity contribution in [3.05, 3.63) is 29.6 Å². The fraction of sp³-hybridized carbons (Fsp3) is 0.300. The van der Waals surface area contributed by atoms with Crippen LogP contribution in [0.1, 0.15) is 18.8 Å². The highest BCUT2D eigenvalue weighted by molar-refractivity contribution is 5.75. The first-order valence-corrected chi connectivity index (χ1v) is 4.77. The third-order valence-electron chi connectivity index (χ3n) is 2.36. The number of aromatic nitrogens is 2. The Morgan fingerprint density at radius 1 is 1.44 bits per heavy atom. The summed E-state index contributed by atoms with van der Waals surface area (Å²) in [6.07, 6.45) is -0.825. The summed E-state index contributed by atoms with van der Waals surface area (Å²) in [5.41, 5.74) is 5.88. The largest absolute Gasteiger partial charge is 0.391 e. The Bertz CT molecular complexity index is 524. The van der Waals surface area contributed by atoms with Crippen LogP contribution in [0.3, 0.4) is 0 Å². The molecule has 2 aromatic rings. The Morgan fingerprint density at radius 3 is 2.75 bits per heavy atom. The highest BCUT2D eigenvalue weighted by atomic mass is 19.1. The van der Waals surface area contributed by atoms with E-state index in [9.17, 15) is 13.9 Å². The molecule has 1 heterocycles. The van der Waals surface area contributed by atoms with E-state index in [1.165, 1.54) is 6.92 Å². The van der Waals surface area contributed by atoms with E-state index >= 15 is 0 Å². The van der Waals surface area contributed by atoms with Gasteiger partial charge in [-0.05, 0) is 13.0 Å². The molecular weight excluding hydrogens is 216 g/mol. The molecule has 86 valence electrons. The Kier molecular flexibility index (Phi) is 2.61. The van der Waals surface area contributed by atoms with Gasteiger partial charge in [-0.3, -0.25) is 0 Å². The van der Waals surface area contributed by atoms with Crippen molar-refractivity contribution in [2.75, 3.05) is 0 Å². The van der Waals surface area contributed by atoms with Gasteiger partial charge in [0, 0.05) is 6.07 Å². The van der Waals surface area contributed by atoms with Crippen LogP contribution in [-0.2, 0) is 0 Å². The molecule has 2 unspecified atom stereocenters. The van der Waals surface area contributed by atoms with Crippen molar-refractivity contribution >= 4 is 11.0 Å². The van der Waals surface area contributed by atoms with Gasteiger partial charge in [-0.15, -0.1) is 0 Å². The number of aromatic amines is 1. The van der Waals surface area contributed by atoms with E-state index in [4.69, 9.17) is 5.73 Å². The van der Waals surface area contributed by atoms with E-state index in [0.29, 0.717) is 0 Å². The van der Waals surface area contributed by atoms with Crippen molar-refractivity contribution in [3.63, 3.8) is 0 Å². The van der Waals surface area contributed by atoms with Crippen LogP contribution >= 0.6 is 0 Å². The van der Waals surface area contributed by atoms with Crippen LogP contribution in [0.5, 0.6) is 0 Å². The number of hydrogen-bond donors (Lipinski definition) is 3. The second kappa shape index (κ2) is 3.80. The molecule has 1 aromatic carbocycles. The number of aliphatic hydroxyl groups is 1. The minimum atomic E-state index is -0.825. The van der Waals surface area contributed by atoms with Crippen LogP contribution in [0.15, 0.2) is 12.1 Å². The van der Waals surface area contributed by atoms with Gasteiger partial charge in [0.15, 0.2) is 5.82 Å². The Morgan fingerprint density at radius 2 is 2.12 bits per heavy atom. The summed E-state index contributed by atoms with van der Waals surface area (Å²) in [5.74, 6) is -1.21. The van der Waals surface area contributed by atoms with Gasteiger partial charge >= 0.3 is 0 Å². The molecule has 0 radical (unpaired) electrons. The standard InChI is InChI=1S/C10H11F2N3O/c1-4(16)8(13)10-14-7-3-5(11)2-6(12)9(7)15-10/h2-4,8,16H,13H2,1H3,(H,14,15). The summed E-state index contributed by atoms with van der Waals surface area (Å²) in [4.78, 5) is 6.57. The maximum Gasteiger partial charge on any atom is 0.153 e. The minimum Gasteiger partial charge on any atom is -0.391 e. The molecule has 4 nitrogen and oxygen atoms in total. The van der Waals surface area contributed by atoms with E-state index < -0.39 is 23.8 Å². The van der Waals surface area contributed by atoms with Crippen LogP contribution in [-0.4, -0.2) is 21.2 Å². The third-order valence-corrected chi connectivity index (χ3v) is 2.36. The molecule has 2 rings (SSSR count). The third kappa shape index (κ3) is 1.77. The Labute approximate surface area is 90.1 Å². The van der Waals surface area contributed by atoms with Crippen LogP contribution < -0.4 is 5.73 Å².